The molecule has 2 unspecified atom stereocenters. The predicted molar refractivity (Wildman–Crippen MR) is 65.0 cm³/mol. The minimum Gasteiger partial charge on any atom is -0.326 e. The molecule has 2 rings (SSSR count). The Morgan fingerprint density at radius 1 is 1.31 bits per heavy atom. The third-order valence-corrected chi connectivity index (χ3v) is 3.79. The predicted octanol–water partition coefficient (Wildman–Crippen LogP) is 2.12. The number of rotatable bonds is 6. The summed E-state index contributed by atoms with van der Waals surface area (Å²) in [4.78, 5) is 14.2. The lowest BCUT2D eigenvalue weighted by Gasteiger charge is -2.22. The van der Waals surface area contributed by atoms with E-state index in [9.17, 15) is 4.79 Å². The Hall–Kier alpha value is -0.570. The quantitative estimate of drug-likeness (QED) is 0.749. The number of carbonyl (C=O) groups excluding carboxylic acids is 1. The Morgan fingerprint density at radius 2 is 2.06 bits per heavy atom. The summed E-state index contributed by atoms with van der Waals surface area (Å²) in [5.41, 5.74) is 0. The number of nitrogens with zero attached hydrogens (tertiary/aromatic N) is 1. The first-order chi connectivity index (χ1) is 7.76. The van der Waals surface area contributed by atoms with Crippen LogP contribution in [0.1, 0.15) is 52.4 Å². The van der Waals surface area contributed by atoms with Crippen molar-refractivity contribution in [3.05, 3.63) is 0 Å². The van der Waals surface area contributed by atoms with Gasteiger partial charge in [0, 0.05) is 6.54 Å². The van der Waals surface area contributed by atoms with Gasteiger partial charge in [-0.05, 0) is 25.2 Å². The summed E-state index contributed by atoms with van der Waals surface area (Å²) < 4.78 is 0. The van der Waals surface area contributed by atoms with Gasteiger partial charge in [0.05, 0.1) is 12.2 Å². The molecule has 16 heavy (non-hydrogen) atoms. The van der Waals surface area contributed by atoms with Crippen LogP contribution in [0.4, 0.5) is 0 Å². The van der Waals surface area contributed by atoms with Gasteiger partial charge in [0.1, 0.15) is 0 Å². The molecule has 1 aliphatic carbocycles. The average molecular weight is 224 g/mol. The van der Waals surface area contributed by atoms with Crippen molar-refractivity contribution in [2.45, 2.75) is 64.6 Å². The zero-order chi connectivity index (χ0) is 11.5. The van der Waals surface area contributed by atoms with Crippen LogP contribution < -0.4 is 5.32 Å². The van der Waals surface area contributed by atoms with Crippen LogP contribution in [0, 0.1) is 5.92 Å². The number of carbonyl (C=O) groups is 1. The Morgan fingerprint density at radius 3 is 2.62 bits per heavy atom. The summed E-state index contributed by atoms with van der Waals surface area (Å²) in [6, 6.07) is 0.0918. The maximum atomic E-state index is 12.2. The summed E-state index contributed by atoms with van der Waals surface area (Å²) in [7, 11) is 0. The number of hydrogen-bond donors (Lipinski definition) is 1. The van der Waals surface area contributed by atoms with E-state index in [1.807, 2.05) is 0 Å². The van der Waals surface area contributed by atoms with E-state index in [-0.39, 0.29) is 6.04 Å². The molecule has 2 atom stereocenters. The van der Waals surface area contributed by atoms with E-state index in [0.717, 1.165) is 31.7 Å². The lowest BCUT2D eigenvalue weighted by Crippen LogP contribution is -2.37. The van der Waals surface area contributed by atoms with Crippen LogP contribution in [-0.4, -0.2) is 29.6 Å². The normalized spacial score (nSPS) is 30.1. The molecule has 92 valence electrons. The fourth-order valence-electron chi connectivity index (χ4n) is 2.58. The van der Waals surface area contributed by atoms with Gasteiger partial charge in [-0.1, -0.05) is 33.1 Å². The van der Waals surface area contributed by atoms with Crippen LogP contribution in [-0.2, 0) is 4.79 Å². The van der Waals surface area contributed by atoms with Gasteiger partial charge in [0.15, 0.2) is 0 Å². The van der Waals surface area contributed by atoms with E-state index in [2.05, 4.69) is 24.1 Å². The smallest absolute Gasteiger partial charge is 0.241 e. The zero-order valence-electron chi connectivity index (χ0n) is 10.5. The van der Waals surface area contributed by atoms with E-state index in [1.54, 1.807) is 0 Å². The van der Waals surface area contributed by atoms with Crippen LogP contribution in [0.5, 0.6) is 0 Å². The SMILES string of the molecule is CCCC1NC(CC)N(CCC2CC2)C1=O. The largest absolute Gasteiger partial charge is 0.326 e. The standard InChI is InChI=1S/C13H24N2O/c1-3-5-11-13(16)15(12(4-2)14-11)9-8-10-6-7-10/h10-12,14H,3-9H2,1-2H3. The summed E-state index contributed by atoms with van der Waals surface area (Å²) in [5.74, 6) is 1.25. The first-order valence-corrected chi connectivity index (χ1v) is 6.82. The molecule has 0 aromatic heterocycles. The molecule has 1 saturated heterocycles. The Bertz CT molecular complexity index is 250. The molecule has 1 heterocycles. The highest BCUT2D eigenvalue weighted by atomic mass is 16.2. The topological polar surface area (TPSA) is 32.3 Å². The Labute approximate surface area is 98.6 Å². The average Bonchev–Trinajstić information content (AvgIpc) is 3.05. The van der Waals surface area contributed by atoms with Gasteiger partial charge in [0.2, 0.25) is 5.91 Å². The summed E-state index contributed by atoms with van der Waals surface area (Å²) >= 11 is 0. The van der Waals surface area contributed by atoms with Gasteiger partial charge < -0.3 is 4.90 Å². The molecule has 3 heteroatoms. The van der Waals surface area contributed by atoms with Gasteiger partial charge in [-0.3, -0.25) is 10.1 Å². The second-order valence-electron chi connectivity index (χ2n) is 5.20. The highest BCUT2D eigenvalue weighted by Crippen LogP contribution is 2.33. The first kappa shape index (κ1) is 11.9. The Kier molecular flexibility index (Phi) is 3.85. The van der Waals surface area contributed by atoms with Crippen LogP contribution in [0.25, 0.3) is 0 Å². The van der Waals surface area contributed by atoms with E-state index < -0.39 is 0 Å². The molecule has 1 aliphatic heterocycles. The monoisotopic (exact) mass is 224 g/mol. The minimum absolute atomic E-state index is 0.0918. The van der Waals surface area contributed by atoms with Crippen molar-refractivity contribution in [1.29, 1.82) is 0 Å². The molecule has 0 radical (unpaired) electrons. The van der Waals surface area contributed by atoms with Crippen LogP contribution in [0.15, 0.2) is 0 Å². The fourth-order valence-corrected chi connectivity index (χ4v) is 2.58. The molecule has 1 N–H and O–H groups in total. The van der Waals surface area contributed by atoms with E-state index in [4.69, 9.17) is 0 Å². The summed E-state index contributed by atoms with van der Waals surface area (Å²) in [6.45, 7) is 5.27. The molecule has 3 nitrogen and oxygen atoms in total. The maximum absolute atomic E-state index is 12.2. The zero-order valence-corrected chi connectivity index (χ0v) is 10.5. The summed E-state index contributed by atoms with van der Waals surface area (Å²) in [6.07, 6.45) is 7.35. The number of hydrogen-bond acceptors (Lipinski definition) is 2. The minimum atomic E-state index is 0.0918. The van der Waals surface area contributed by atoms with Gasteiger partial charge >= 0.3 is 0 Å². The lowest BCUT2D eigenvalue weighted by atomic mass is 10.1. The van der Waals surface area contributed by atoms with Crippen LogP contribution >= 0.6 is 0 Å². The van der Waals surface area contributed by atoms with Crippen LogP contribution in [0.2, 0.25) is 0 Å². The van der Waals surface area contributed by atoms with E-state index in [1.165, 1.54) is 19.3 Å². The van der Waals surface area contributed by atoms with E-state index in [0.29, 0.717) is 12.1 Å². The Balaban J connectivity index is 1.88. The lowest BCUT2D eigenvalue weighted by molar-refractivity contribution is -0.130. The third-order valence-electron chi connectivity index (χ3n) is 3.79. The number of nitrogens with one attached hydrogen (secondary N) is 1. The van der Waals surface area contributed by atoms with Crippen molar-refractivity contribution in [3.63, 3.8) is 0 Å². The molecular weight excluding hydrogens is 200 g/mol. The van der Waals surface area contributed by atoms with Crippen molar-refractivity contribution in [3.8, 4) is 0 Å². The second kappa shape index (κ2) is 5.17. The molecule has 0 spiro atoms. The molecule has 1 saturated carbocycles. The van der Waals surface area contributed by atoms with E-state index >= 15 is 0 Å². The van der Waals surface area contributed by atoms with Crippen molar-refractivity contribution < 1.29 is 4.79 Å². The molecule has 1 amide bonds. The molecule has 0 bridgehead atoms. The van der Waals surface area contributed by atoms with Gasteiger partial charge in [-0.2, -0.15) is 0 Å². The molecule has 2 aliphatic rings. The highest BCUT2D eigenvalue weighted by Gasteiger charge is 2.37. The number of amides is 1. The third kappa shape index (κ3) is 2.57. The summed E-state index contributed by atoms with van der Waals surface area (Å²) in [5, 5.41) is 3.46. The maximum Gasteiger partial charge on any atom is 0.241 e. The fraction of sp³-hybridized carbons (Fsp3) is 0.923. The van der Waals surface area contributed by atoms with Crippen molar-refractivity contribution in [2.75, 3.05) is 6.54 Å². The van der Waals surface area contributed by atoms with Gasteiger partial charge in [-0.25, -0.2) is 0 Å². The molecule has 0 aromatic rings. The second-order valence-corrected chi connectivity index (χ2v) is 5.20. The molecule has 2 fully saturated rings. The molecule has 0 aromatic carbocycles. The highest BCUT2D eigenvalue weighted by molar-refractivity contribution is 5.84. The molecular formula is C13H24N2O. The van der Waals surface area contributed by atoms with Gasteiger partial charge in [0.25, 0.3) is 0 Å². The first-order valence-electron chi connectivity index (χ1n) is 6.82. The van der Waals surface area contributed by atoms with Crippen LogP contribution in [0.3, 0.4) is 0 Å². The van der Waals surface area contributed by atoms with Crippen molar-refractivity contribution in [2.24, 2.45) is 5.92 Å². The van der Waals surface area contributed by atoms with Gasteiger partial charge in [-0.15, -0.1) is 0 Å². The van der Waals surface area contributed by atoms with Crippen molar-refractivity contribution >= 4 is 5.91 Å². The van der Waals surface area contributed by atoms with Crippen molar-refractivity contribution in [1.82, 2.24) is 10.2 Å².